The van der Waals surface area contributed by atoms with E-state index >= 15 is 0 Å². The van der Waals surface area contributed by atoms with Gasteiger partial charge in [0.25, 0.3) is 5.91 Å². The van der Waals surface area contributed by atoms with Crippen molar-refractivity contribution in [1.82, 2.24) is 5.32 Å². The van der Waals surface area contributed by atoms with E-state index in [-0.39, 0.29) is 23.0 Å². The van der Waals surface area contributed by atoms with Gasteiger partial charge in [-0.05, 0) is 42.5 Å². The topological polar surface area (TPSA) is 67.4 Å². The molecule has 0 aromatic heterocycles. The van der Waals surface area contributed by atoms with Crippen LogP contribution in [-0.2, 0) is 4.79 Å². The smallest absolute Gasteiger partial charge is 0.253 e. The van der Waals surface area contributed by atoms with E-state index in [0.29, 0.717) is 16.5 Å². The lowest BCUT2D eigenvalue weighted by atomic mass is 10.2. The highest BCUT2D eigenvalue weighted by Gasteiger charge is 2.12. The fourth-order valence-corrected chi connectivity index (χ4v) is 2.30. The van der Waals surface area contributed by atoms with Gasteiger partial charge in [-0.25, -0.2) is 0 Å². The number of hydrogen-bond acceptors (Lipinski definition) is 3. The number of amides is 2. The second-order valence-electron chi connectivity index (χ2n) is 4.58. The Morgan fingerprint density at radius 1 is 1.09 bits per heavy atom. The maximum atomic E-state index is 12.0. The molecule has 0 aliphatic carbocycles. The van der Waals surface area contributed by atoms with Gasteiger partial charge in [0.05, 0.1) is 24.2 Å². The van der Waals surface area contributed by atoms with Crippen LogP contribution in [0.5, 0.6) is 5.75 Å². The van der Waals surface area contributed by atoms with Crippen LogP contribution in [0.3, 0.4) is 0 Å². The highest BCUT2D eigenvalue weighted by Crippen LogP contribution is 2.20. The van der Waals surface area contributed by atoms with Crippen molar-refractivity contribution in [3.8, 4) is 5.75 Å². The highest BCUT2D eigenvalue weighted by atomic mass is 35.5. The van der Waals surface area contributed by atoms with Gasteiger partial charge in [-0.2, -0.15) is 0 Å². The van der Waals surface area contributed by atoms with Gasteiger partial charge in [0.15, 0.2) is 0 Å². The summed E-state index contributed by atoms with van der Waals surface area (Å²) in [5, 5.41) is 5.82. The van der Waals surface area contributed by atoms with E-state index in [1.54, 1.807) is 37.4 Å². The van der Waals surface area contributed by atoms with Crippen molar-refractivity contribution in [1.29, 1.82) is 0 Å². The number of carbonyl (C=O) groups is 2. The lowest BCUT2D eigenvalue weighted by Crippen LogP contribution is -2.33. The maximum Gasteiger partial charge on any atom is 0.253 e. The Bertz CT molecular complexity index is 718. The number of rotatable bonds is 5. The third-order valence-electron chi connectivity index (χ3n) is 2.96. The summed E-state index contributed by atoms with van der Waals surface area (Å²) >= 11 is 11.7. The summed E-state index contributed by atoms with van der Waals surface area (Å²) in [5.74, 6) is -0.112. The second-order valence-corrected chi connectivity index (χ2v) is 5.43. The minimum Gasteiger partial charge on any atom is -0.497 e. The van der Waals surface area contributed by atoms with E-state index in [1.807, 2.05) is 0 Å². The molecule has 0 fully saturated rings. The maximum absolute atomic E-state index is 12.0. The van der Waals surface area contributed by atoms with E-state index in [9.17, 15) is 9.59 Å². The van der Waals surface area contributed by atoms with E-state index < -0.39 is 5.91 Å². The van der Waals surface area contributed by atoms with Crippen LogP contribution >= 0.6 is 23.2 Å². The van der Waals surface area contributed by atoms with Gasteiger partial charge in [0.1, 0.15) is 5.75 Å². The molecule has 0 bridgehead atoms. The van der Waals surface area contributed by atoms with E-state index in [1.165, 1.54) is 12.1 Å². The first-order chi connectivity index (χ1) is 11.0. The molecule has 2 amide bonds. The van der Waals surface area contributed by atoms with Crippen LogP contribution in [0.4, 0.5) is 5.69 Å². The average Bonchev–Trinajstić information content (AvgIpc) is 2.53. The first kappa shape index (κ1) is 17.1. The van der Waals surface area contributed by atoms with Crippen LogP contribution in [0.1, 0.15) is 10.4 Å². The van der Waals surface area contributed by atoms with E-state index in [0.717, 1.165) is 0 Å². The molecule has 23 heavy (non-hydrogen) atoms. The SMILES string of the molecule is COc1ccc(NC(=O)CNC(=O)c2ccc(Cl)cc2Cl)cc1. The molecule has 2 N–H and O–H groups in total. The molecular formula is C16H14Cl2N2O3. The van der Waals surface area contributed by atoms with Crippen molar-refractivity contribution in [3.05, 3.63) is 58.1 Å². The van der Waals surface area contributed by atoms with Gasteiger partial charge in [0.2, 0.25) is 5.91 Å². The standard InChI is InChI=1S/C16H14Cl2N2O3/c1-23-12-5-3-11(4-6-12)20-15(21)9-19-16(22)13-7-2-10(17)8-14(13)18/h2-8H,9H2,1H3,(H,19,22)(H,20,21). The molecule has 0 aliphatic heterocycles. The van der Waals surface area contributed by atoms with E-state index in [4.69, 9.17) is 27.9 Å². The molecule has 0 radical (unpaired) electrons. The fraction of sp³-hybridized carbons (Fsp3) is 0.125. The molecule has 0 aliphatic rings. The van der Waals surface area contributed by atoms with Gasteiger partial charge in [-0.15, -0.1) is 0 Å². The molecule has 2 aromatic carbocycles. The van der Waals surface area contributed by atoms with Gasteiger partial charge in [-0.3, -0.25) is 9.59 Å². The number of carbonyl (C=O) groups excluding carboxylic acids is 2. The summed E-state index contributed by atoms with van der Waals surface area (Å²) in [4.78, 5) is 23.8. The first-order valence-corrected chi connectivity index (χ1v) is 7.42. The van der Waals surface area contributed by atoms with Crippen LogP contribution in [0.2, 0.25) is 10.0 Å². The van der Waals surface area contributed by atoms with Crippen LogP contribution in [0.25, 0.3) is 0 Å². The summed E-state index contributed by atoms with van der Waals surface area (Å²) in [6.45, 7) is -0.177. The predicted molar refractivity (Wildman–Crippen MR) is 90.4 cm³/mol. The van der Waals surface area contributed by atoms with Crippen LogP contribution in [0.15, 0.2) is 42.5 Å². The zero-order valence-electron chi connectivity index (χ0n) is 12.2. The van der Waals surface area contributed by atoms with Crippen LogP contribution in [0, 0.1) is 0 Å². The average molecular weight is 353 g/mol. The fourth-order valence-electron chi connectivity index (χ4n) is 1.81. The highest BCUT2D eigenvalue weighted by molar-refractivity contribution is 6.36. The molecule has 0 heterocycles. The molecule has 120 valence electrons. The van der Waals surface area contributed by atoms with Crippen molar-refractivity contribution < 1.29 is 14.3 Å². The molecular weight excluding hydrogens is 339 g/mol. The summed E-state index contributed by atoms with van der Waals surface area (Å²) in [6, 6.07) is 11.4. The molecule has 0 unspecified atom stereocenters. The van der Waals surface area contributed by atoms with Gasteiger partial charge in [-0.1, -0.05) is 23.2 Å². The summed E-state index contributed by atoms with van der Waals surface area (Å²) < 4.78 is 5.03. The quantitative estimate of drug-likeness (QED) is 0.866. The Balaban J connectivity index is 1.89. The molecule has 5 nitrogen and oxygen atoms in total. The lowest BCUT2D eigenvalue weighted by Gasteiger charge is -2.08. The first-order valence-electron chi connectivity index (χ1n) is 6.67. The van der Waals surface area contributed by atoms with Crippen molar-refractivity contribution in [2.45, 2.75) is 0 Å². The number of halogens is 2. The zero-order valence-corrected chi connectivity index (χ0v) is 13.7. The number of benzene rings is 2. The molecule has 0 saturated carbocycles. The largest absolute Gasteiger partial charge is 0.497 e. The number of anilines is 1. The summed E-state index contributed by atoms with van der Waals surface area (Å²) in [5.41, 5.74) is 0.864. The van der Waals surface area contributed by atoms with Crippen molar-refractivity contribution in [2.24, 2.45) is 0 Å². The Labute approximate surface area is 143 Å². The van der Waals surface area contributed by atoms with Crippen LogP contribution in [-0.4, -0.2) is 25.5 Å². The number of hydrogen-bond donors (Lipinski definition) is 2. The second kappa shape index (κ2) is 7.85. The molecule has 0 atom stereocenters. The number of nitrogens with one attached hydrogen (secondary N) is 2. The predicted octanol–water partition coefficient (Wildman–Crippen LogP) is 3.37. The molecule has 0 spiro atoms. The molecule has 7 heteroatoms. The minimum atomic E-state index is -0.448. The third kappa shape index (κ3) is 4.87. The Morgan fingerprint density at radius 3 is 2.39 bits per heavy atom. The van der Waals surface area contributed by atoms with Gasteiger partial charge < -0.3 is 15.4 Å². The van der Waals surface area contributed by atoms with Crippen LogP contribution < -0.4 is 15.4 Å². The van der Waals surface area contributed by atoms with Crippen molar-refractivity contribution in [2.75, 3.05) is 19.0 Å². The van der Waals surface area contributed by atoms with E-state index in [2.05, 4.69) is 10.6 Å². The zero-order chi connectivity index (χ0) is 16.8. The van der Waals surface area contributed by atoms with Gasteiger partial charge in [0, 0.05) is 10.7 Å². The third-order valence-corrected chi connectivity index (χ3v) is 3.51. The minimum absolute atomic E-state index is 0.177. The number of methoxy groups -OCH3 is 1. The molecule has 2 rings (SSSR count). The number of ether oxygens (including phenoxy) is 1. The Kier molecular flexibility index (Phi) is 5.84. The Hall–Kier alpha value is -2.24. The summed E-state index contributed by atoms with van der Waals surface area (Å²) in [6.07, 6.45) is 0. The van der Waals surface area contributed by atoms with Crippen molar-refractivity contribution in [3.63, 3.8) is 0 Å². The van der Waals surface area contributed by atoms with Crippen molar-refractivity contribution >= 4 is 40.7 Å². The van der Waals surface area contributed by atoms with Gasteiger partial charge >= 0.3 is 0 Å². The molecule has 0 saturated heterocycles. The Morgan fingerprint density at radius 2 is 1.78 bits per heavy atom. The molecule has 2 aromatic rings. The summed E-state index contributed by atoms with van der Waals surface area (Å²) in [7, 11) is 1.56. The lowest BCUT2D eigenvalue weighted by molar-refractivity contribution is -0.115. The normalized spacial score (nSPS) is 10.0. The monoisotopic (exact) mass is 352 g/mol.